The molecule has 23 heavy (non-hydrogen) atoms. The number of nitrogens with zero attached hydrogens (tertiary/aromatic N) is 1. The Morgan fingerprint density at radius 3 is 2.39 bits per heavy atom. The number of para-hydroxylation sites is 2. The Hall–Kier alpha value is -1.53. The summed E-state index contributed by atoms with van der Waals surface area (Å²) in [5.41, 5.74) is 7.05. The molecule has 0 aromatic heterocycles. The SMILES string of the molecule is CC1(C)OB(C(F)=C2CCN(c3ccccc3N)C2)OC1(C)C. The Kier molecular flexibility index (Phi) is 3.93. The minimum absolute atomic E-state index is 0.291. The summed E-state index contributed by atoms with van der Waals surface area (Å²) in [5, 5.41) is 0. The monoisotopic (exact) mass is 318 g/mol. The normalized spacial score (nSPS) is 25.1. The van der Waals surface area contributed by atoms with Crippen LogP contribution in [-0.4, -0.2) is 31.4 Å². The van der Waals surface area contributed by atoms with Crippen molar-refractivity contribution in [1.82, 2.24) is 0 Å². The van der Waals surface area contributed by atoms with Gasteiger partial charge in [-0.05, 0) is 51.8 Å². The predicted molar refractivity (Wildman–Crippen MR) is 91.9 cm³/mol. The quantitative estimate of drug-likeness (QED) is 0.671. The third-order valence-corrected chi connectivity index (χ3v) is 5.14. The van der Waals surface area contributed by atoms with Gasteiger partial charge in [-0.15, -0.1) is 0 Å². The minimum atomic E-state index is -0.914. The maximum absolute atomic E-state index is 14.9. The van der Waals surface area contributed by atoms with Gasteiger partial charge in [-0.1, -0.05) is 12.1 Å². The van der Waals surface area contributed by atoms with Gasteiger partial charge in [0.05, 0.1) is 22.6 Å². The molecule has 0 atom stereocenters. The Morgan fingerprint density at radius 1 is 1.17 bits per heavy atom. The maximum atomic E-state index is 14.9. The van der Waals surface area contributed by atoms with Gasteiger partial charge < -0.3 is 19.9 Å². The fraction of sp³-hybridized carbons (Fsp3) is 0.529. The third-order valence-electron chi connectivity index (χ3n) is 5.14. The molecule has 124 valence electrons. The second-order valence-corrected chi connectivity index (χ2v) is 7.27. The molecule has 2 saturated heterocycles. The number of rotatable bonds is 2. The molecule has 2 heterocycles. The van der Waals surface area contributed by atoms with Crippen LogP contribution in [0.5, 0.6) is 0 Å². The summed E-state index contributed by atoms with van der Waals surface area (Å²) in [5.74, 6) is 0. The first-order valence-electron chi connectivity index (χ1n) is 8.04. The molecule has 0 bridgehead atoms. The number of nitrogens with two attached hydrogens (primary N) is 1. The second-order valence-electron chi connectivity index (χ2n) is 7.27. The van der Waals surface area contributed by atoms with Crippen molar-refractivity contribution in [2.75, 3.05) is 23.7 Å². The number of nitrogen functional groups attached to an aromatic ring is 1. The third kappa shape index (κ3) is 2.86. The summed E-state index contributed by atoms with van der Waals surface area (Å²) < 4.78 is 26.5. The van der Waals surface area contributed by atoms with Crippen LogP contribution in [0.15, 0.2) is 35.6 Å². The lowest BCUT2D eigenvalue weighted by atomic mass is 9.84. The van der Waals surface area contributed by atoms with E-state index in [-0.39, 0.29) is 5.73 Å². The van der Waals surface area contributed by atoms with E-state index in [9.17, 15) is 4.39 Å². The van der Waals surface area contributed by atoms with E-state index in [1.54, 1.807) is 0 Å². The van der Waals surface area contributed by atoms with Crippen LogP contribution < -0.4 is 10.6 Å². The summed E-state index contributed by atoms with van der Waals surface area (Å²) in [6, 6.07) is 7.67. The molecule has 4 nitrogen and oxygen atoms in total. The van der Waals surface area contributed by atoms with Crippen molar-refractivity contribution >= 4 is 18.5 Å². The molecule has 2 aliphatic heterocycles. The summed E-state index contributed by atoms with van der Waals surface area (Å²) in [6.07, 6.45) is 0.657. The zero-order valence-corrected chi connectivity index (χ0v) is 14.2. The summed E-state index contributed by atoms with van der Waals surface area (Å²) in [6.45, 7) is 8.97. The van der Waals surface area contributed by atoms with Crippen LogP contribution in [0.1, 0.15) is 34.1 Å². The van der Waals surface area contributed by atoms with Gasteiger partial charge >= 0.3 is 7.12 Å². The number of halogens is 1. The Balaban J connectivity index is 1.78. The highest BCUT2D eigenvalue weighted by molar-refractivity contribution is 6.53. The van der Waals surface area contributed by atoms with Crippen LogP contribution >= 0.6 is 0 Å². The van der Waals surface area contributed by atoms with E-state index in [1.165, 1.54) is 0 Å². The summed E-state index contributed by atoms with van der Waals surface area (Å²) in [4.78, 5) is 2.09. The molecule has 0 radical (unpaired) electrons. The van der Waals surface area contributed by atoms with Crippen molar-refractivity contribution in [2.45, 2.75) is 45.3 Å². The Bertz CT molecular complexity index is 629. The lowest BCUT2D eigenvalue weighted by molar-refractivity contribution is 0.00578. The molecule has 0 saturated carbocycles. The highest BCUT2D eigenvalue weighted by Crippen LogP contribution is 2.40. The minimum Gasteiger partial charge on any atom is -0.398 e. The fourth-order valence-electron chi connectivity index (χ4n) is 2.95. The van der Waals surface area contributed by atoms with Crippen molar-refractivity contribution < 1.29 is 13.7 Å². The molecule has 1 aromatic carbocycles. The second kappa shape index (κ2) is 5.53. The van der Waals surface area contributed by atoms with Gasteiger partial charge in [-0.25, -0.2) is 4.39 Å². The van der Waals surface area contributed by atoms with Crippen molar-refractivity contribution in [3.8, 4) is 0 Å². The van der Waals surface area contributed by atoms with Crippen LogP contribution in [0, 0.1) is 0 Å². The van der Waals surface area contributed by atoms with E-state index in [0.29, 0.717) is 18.7 Å². The summed E-state index contributed by atoms with van der Waals surface area (Å²) in [7, 11) is -0.914. The fourth-order valence-corrected chi connectivity index (χ4v) is 2.95. The van der Waals surface area contributed by atoms with E-state index in [1.807, 2.05) is 52.0 Å². The maximum Gasteiger partial charge on any atom is 0.525 e. The highest BCUT2D eigenvalue weighted by Gasteiger charge is 2.53. The van der Waals surface area contributed by atoms with E-state index in [4.69, 9.17) is 15.0 Å². The standard InChI is InChI=1S/C17H24BFN2O2/c1-16(2)17(3,4)23-18(22-16)15(19)12-9-10-21(11-12)14-8-6-5-7-13(14)20/h5-8H,9-11,20H2,1-4H3. The average molecular weight is 318 g/mol. The highest BCUT2D eigenvalue weighted by atomic mass is 19.1. The Morgan fingerprint density at radius 2 is 1.78 bits per heavy atom. The van der Waals surface area contributed by atoms with Crippen LogP contribution in [0.4, 0.5) is 15.8 Å². The van der Waals surface area contributed by atoms with Crippen molar-refractivity contribution in [3.05, 3.63) is 35.6 Å². The molecular weight excluding hydrogens is 294 g/mol. The molecule has 2 fully saturated rings. The first-order valence-corrected chi connectivity index (χ1v) is 8.04. The van der Waals surface area contributed by atoms with Gasteiger partial charge in [0.2, 0.25) is 0 Å². The molecule has 0 aliphatic carbocycles. The van der Waals surface area contributed by atoms with E-state index < -0.39 is 18.3 Å². The van der Waals surface area contributed by atoms with Crippen LogP contribution in [0.3, 0.4) is 0 Å². The Labute approximate surface area is 137 Å². The molecule has 2 aliphatic rings. The number of anilines is 2. The van der Waals surface area contributed by atoms with E-state index in [0.717, 1.165) is 17.8 Å². The largest absolute Gasteiger partial charge is 0.525 e. The van der Waals surface area contributed by atoms with Crippen LogP contribution in [-0.2, 0) is 9.31 Å². The predicted octanol–water partition coefficient (Wildman–Crippen LogP) is 3.33. The molecule has 1 aromatic rings. The topological polar surface area (TPSA) is 47.7 Å². The molecule has 2 N–H and O–H groups in total. The number of benzene rings is 1. The van der Waals surface area contributed by atoms with E-state index >= 15 is 0 Å². The van der Waals surface area contributed by atoms with Gasteiger partial charge in [0.25, 0.3) is 0 Å². The molecule has 6 heteroatoms. The molecule has 0 unspecified atom stereocenters. The van der Waals surface area contributed by atoms with Crippen LogP contribution in [0.2, 0.25) is 0 Å². The average Bonchev–Trinajstić information content (AvgIpc) is 3.02. The number of hydrogen-bond donors (Lipinski definition) is 1. The van der Waals surface area contributed by atoms with E-state index in [2.05, 4.69) is 4.90 Å². The molecule has 3 rings (SSSR count). The van der Waals surface area contributed by atoms with Gasteiger partial charge in [0, 0.05) is 13.1 Å². The molecule has 0 amide bonds. The lowest BCUT2D eigenvalue weighted by Crippen LogP contribution is -2.41. The van der Waals surface area contributed by atoms with Crippen molar-refractivity contribution in [3.63, 3.8) is 0 Å². The van der Waals surface area contributed by atoms with Crippen LogP contribution in [0.25, 0.3) is 0 Å². The number of hydrogen-bond acceptors (Lipinski definition) is 4. The summed E-state index contributed by atoms with van der Waals surface area (Å²) >= 11 is 0. The smallest absolute Gasteiger partial charge is 0.398 e. The molecular formula is C17H24BFN2O2. The van der Waals surface area contributed by atoms with Gasteiger partial charge in [0.15, 0.2) is 0 Å². The first-order chi connectivity index (χ1) is 10.7. The zero-order chi connectivity index (χ0) is 16.8. The van der Waals surface area contributed by atoms with Gasteiger partial charge in [0.1, 0.15) is 5.73 Å². The van der Waals surface area contributed by atoms with Crippen molar-refractivity contribution in [1.29, 1.82) is 0 Å². The lowest BCUT2D eigenvalue weighted by Gasteiger charge is -2.32. The molecule has 0 spiro atoms. The van der Waals surface area contributed by atoms with Gasteiger partial charge in [-0.3, -0.25) is 0 Å². The zero-order valence-electron chi connectivity index (χ0n) is 14.2. The van der Waals surface area contributed by atoms with Crippen molar-refractivity contribution in [2.24, 2.45) is 0 Å². The first kappa shape index (κ1) is 16.3. The van der Waals surface area contributed by atoms with Gasteiger partial charge in [-0.2, -0.15) is 0 Å².